The topological polar surface area (TPSA) is 73.6 Å². The highest BCUT2D eigenvalue weighted by molar-refractivity contribution is 5.75. The molecule has 4 N–H and O–H groups in total. The molecule has 0 aliphatic heterocycles. The molecular weight excluding hydrogens is 226 g/mol. The second-order valence-corrected chi connectivity index (χ2v) is 5.34. The van der Waals surface area contributed by atoms with Crippen LogP contribution in [0.15, 0.2) is 23.2 Å². The number of ether oxygens (including phenoxy) is 1. The average Bonchev–Trinajstić information content (AvgIpc) is 2.27. The van der Waals surface area contributed by atoms with E-state index in [0.29, 0.717) is 6.54 Å². The molecule has 0 bridgehead atoms. The van der Waals surface area contributed by atoms with E-state index in [9.17, 15) is 0 Å². The zero-order valence-corrected chi connectivity index (χ0v) is 11.7. The van der Waals surface area contributed by atoms with Gasteiger partial charge in [0.1, 0.15) is 5.75 Å². The Bertz CT molecular complexity index is 429. The molecule has 0 fully saturated rings. The van der Waals surface area contributed by atoms with E-state index in [1.54, 1.807) is 7.11 Å². The number of guanidine groups is 1. The van der Waals surface area contributed by atoms with Crippen LogP contribution in [0.1, 0.15) is 31.9 Å². The smallest absolute Gasteiger partial charge is 0.185 e. The van der Waals surface area contributed by atoms with E-state index < -0.39 is 0 Å². The normalized spacial score (nSPS) is 11.1. The van der Waals surface area contributed by atoms with Crippen molar-refractivity contribution < 1.29 is 4.74 Å². The molecule has 0 saturated carbocycles. The average molecular weight is 249 g/mol. The van der Waals surface area contributed by atoms with E-state index in [-0.39, 0.29) is 11.4 Å². The van der Waals surface area contributed by atoms with Crippen molar-refractivity contribution in [2.75, 3.05) is 13.7 Å². The number of nitrogens with two attached hydrogens (primary N) is 2. The van der Waals surface area contributed by atoms with E-state index >= 15 is 0 Å². The summed E-state index contributed by atoms with van der Waals surface area (Å²) in [5, 5.41) is 0. The lowest BCUT2D eigenvalue weighted by Crippen LogP contribution is -2.23. The molecule has 100 valence electrons. The van der Waals surface area contributed by atoms with Gasteiger partial charge in [0.15, 0.2) is 5.96 Å². The van der Waals surface area contributed by atoms with Gasteiger partial charge in [0.05, 0.1) is 7.11 Å². The molecule has 4 heteroatoms. The maximum Gasteiger partial charge on any atom is 0.185 e. The summed E-state index contributed by atoms with van der Waals surface area (Å²) in [6, 6.07) is 6.22. The fourth-order valence-corrected chi connectivity index (χ4v) is 1.81. The van der Waals surface area contributed by atoms with Crippen LogP contribution in [0.2, 0.25) is 0 Å². The van der Waals surface area contributed by atoms with Crippen LogP contribution < -0.4 is 16.2 Å². The molecule has 18 heavy (non-hydrogen) atoms. The van der Waals surface area contributed by atoms with Crippen molar-refractivity contribution in [3.63, 3.8) is 0 Å². The SMILES string of the molecule is COc1ccc(CCN=C(N)N)cc1C(C)(C)C. The summed E-state index contributed by atoms with van der Waals surface area (Å²) < 4.78 is 5.40. The quantitative estimate of drug-likeness (QED) is 0.631. The van der Waals surface area contributed by atoms with Crippen LogP contribution in [0, 0.1) is 0 Å². The highest BCUT2D eigenvalue weighted by Gasteiger charge is 2.18. The van der Waals surface area contributed by atoms with Gasteiger partial charge in [-0.2, -0.15) is 0 Å². The third-order valence-corrected chi connectivity index (χ3v) is 2.77. The molecular formula is C14H23N3O. The van der Waals surface area contributed by atoms with Crippen molar-refractivity contribution in [1.29, 1.82) is 0 Å². The van der Waals surface area contributed by atoms with Crippen LogP contribution in [0.3, 0.4) is 0 Å². The maximum absolute atomic E-state index is 5.40. The molecule has 4 nitrogen and oxygen atoms in total. The largest absolute Gasteiger partial charge is 0.496 e. The Morgan fingerprint density at radius 3 is 2.44 bits per heavy atom. The summed E-state index contributed by atoms with van der Waals surface area (Å²) in [5.74, 6) is 1.06. The molecule has 1 aromatic carbocycles. The molecule has 0 atom stereocenters. The molecule has 0 aliphatic carbocycles. The number of rotatable bonds is 4. The highest BCUT2D eigenvalue weighted by atomic mass is 16.5. The third-order valence-electron chi connectivity index (χ3n) is 2.77. The maximum atomic E-state index is 5.40. The Hall–Kier alpha value is -1.71. The van der Waals surface area contributed by atoms with Crippen LogP contribution >= 0.6 is 0 Å². The molecule has 0 spiro atoms. The van der Waals surface area contributed by atoms with Crippen LogP contribution in [0.4, 0.5) is 0 Å². The van der Waals surface area contributed by atoms with E-state index in [4.69, 9.17) is 16.2 Å². The molecule has 0 heterocycles. The van der Waals surface area contributed by atoms with E-state index in [2.05, 4.69) is 37.9 Å². The summed E-state index contributed by atoms with van der Waals surface area (Å²) in [6.07, 6.45) is 0.824. The van der Waals surface area contributed by atoms with Gasteiger partial charge >= 0.3 is 0 Å². The van der Waals surface area contributed by atoms with Crippen LogP contribution in [0.5, 0.6) is 5.75 Å². The zero-order valence-electron chi connectivity index (χ0n) is 11.7. The van der Waals surface area contributed by atoms with Crippen LogP contribution in [-0.2, 0) is 11.8 Å². The Kier molecular flexibility index (Phi) is 4.59. The lowest BCUT2D eigenvalue weighted by atomic mass is 9.85. The van der Waals surface area contributed by atoms with Gasteiger partial charge in [-0.3, -0.25) is 4.99 Å². The van der Waals surface area contributed by atoms with Gasteiger partial charge < -0.3 is 16.2 Å². The Morgan fingerprint density at radius 2 is 1.94 bits per heavy atom. The van der Waals surface area contributed by atoms with Gasteiger partial charge in [-0.1, -0.05) is 32.9 Å². The van der Waals surface area contributed by atoms with Gasteiger partial charge in [-0.05, 0) is 29.0 Å². The summed E-state index contributed by atoms with van der Waals surface area (Å²) in [4.78, 5) is 4.00. The summed E-state index contributed by atoms with van der Waals surface area (Å²) >= 11 is 0. The fourth-order valence-electron chi connectivity index (χ4n) is 1.81. The lowest BCUT2D eigenvalue weighted by Gasteiger charge is -2.22. The first-order chi connectivity index (χ1) is 8.34. The van der Waals surface area contributed by atoms with Crippen molar-refractivity contribution >= 4 is 5.96 Å². The minimum Gasteiger partial charge on any atom is -0.496 e. The molecule has 0 aromatic heterocycles. The van der Waals surface area contributed by atoms with Crippen LogP contribution in [-0.4, -0.2) is 19.6 Å². The van der Waals surface area contributed by atoms with E-state index in [0.717, 1.165) is 12.2 Å². The number of hydrogen-bond acceptors (Lipinski definition) is 2. The van der Waals surface area contributed by atoms with Gasteiger partial charge in [-0.15, -0.1) is 0 Å². The first-order valence-corrected chi connectivity index (χ1v) is 6.07. The van der Waals surface area contributed by atoms with Crippen molar-refractivity contribution in [2.24, 2.45) is 16.5 Å². The molecule has 0 aliphatic rings. The minimum absolute atomic E-state index is 0.0531. The monoisotopic (exact) mass is 249 g/mol. The first kappa shape index (κ1) is 14.4. The molecule has 1 rings (SSSR count). The molecule has 1 aromatic rings. The van der Waals surface area contributed by atoms with Crippen molar-refractivity contribution in [3.8, 4) is 5.75 Å². The van der Waals surface area contributed by atoms with E-state index in [1.807, 2.05) is 6.07 Å². The number of benzene rings is 1. The highest BCUT2D eigenvalue weighted by Crippen LogP contribution is 2.32. The first-order valence-electron chi connectivity index (χ1n) is 6.07. The number of methoxy groups -OCH3 is 1. The second kappa shape index (κ2) is 5.76. The minimum atomic E-state index is 0.0531. The Balaban J connectivity index is 2.93. The van der Waals surface area contributed by atoms with Gasteiger partial charge in [0.25, 0.3) is 0 Å². The number of nitrogens with zero attached hydrogens (tertiary/aromatic N) is 1. The molecule has 0 amide bonds. The predicted molar refractivity (Wildman–Crippen MR) is 76.1 cm³/mol. The summed E-state index contributed by atoms with van der Waals surface area (Å²) in [7, 11) is 1.70. The molecule has 0 saturated heterocycles. The number of aliphatic imine (C=N–C) groups is 1. The zero-order chi connectivity index (χ0) is 13.8. The molecule has 0 unspecified atom stereocenters. The van der Waals surface area contributed by atoms with Crippen LogP contribution in [0.25, 0.3) is 0 Å². The fraction of sp³-hybridized carbons (Fsp3) is 0.500. The summed E-state index contributed by atoms with van der Waals surface area (Å²) in [6.45, 7) is 7.12. The van der Waals surface area contributed by atoms with Crippen molar-refractivity contribution in [1.82, 2.24) is 0 Å². The van der Waals surface area contributed by atoms with Crippen molar-refractivity contribution in [3.05, 3.63) is 29.3 Å². The molecule has 0 radical (unpaired) electrons. The second-order valence-electron chi connectivity index (χ2n) is 5.34. The van der Waals surface area contributed by atoms with E-state index in [1.165, 1.54) is 11.1 Å². The van der Waals surface area contributed by atoms with Gasteiger partial charge in [0.2, 0.25) is 0 Å². The Morgan fingerprint density at radius 1 is 1.28 bits per heavy atom. The lowest BCUT2D eigenvalue weighted by molar-refractivity contribution is 0.397. The third kappa shape index (κ3) is 3.95. The van der Waals surface area contributed by atoms with Gasteiger partial charge in [0, 0.05) is 6.54 Å². The van der Waals surface area contributed by atoms with Crippen molar-refractivity contribution in [2.45, 2.75) is 32.6 Å². The Labute approximate surface area is 109 Å². The predicted octanol–water partition coefficient (Wildman–Crippen LogP) is 1.81. The standard InChI is InChI=1S/C14H23N3O/c1-14(2,3)11-9-10(5-6-12(11)18-4)7-8-17-13(15)16/h5-6,9H,7-8H2,1-4H3,(H4,15,16,17). The summed E-state index contributed by atoms with van der Waals surface area (Å²) in [5.41, 5.74) is 13.1. The van der Waals surface area contributed by atoms with Gasteiger partial charge in [-0.25, -0.2) is 0 Å². The number of hydrogen-bond donors (Lipinski definition) is 2.